The summed E-state index contributed by atoms with van der Waals surface area (Å²) >= 11 is 0. The van der Waals surface area contributed by atoms with Gasteiger partial charge in [0.1, 0.15) is 16.4 Å². The molecule has 0 spiro atoms. The monoisotopic (exact) mass is 426 g/mol. The van der Waals surface area contributed by atoms with Crippen molar-refractivity contribution in [2.45, 2.75) is 18.2 Å². The molecule has 0 radical (unpaired) electrons. The van der Waals surface area contributed by atoms with E-state index < -0.39 is 16.1 Å². The van der Waals surface area contributed by atoms with Gasteiger partial charge in [-0.1, -0.05) is 31.2 Å². The zero-order valence-electron chi connectivity index (χ0n) is 16.4. The maximum Gasteiger partial charge on any atom is 0.339 e. The van der Waals surface area contributed by atoms with Crippen LogP contribution in [0.1, 0.15) is 13.3 Å². The van der Waals surface area contributed by atoms with Gasteiger partial charge in [0, 0.05) is 17.4 Å². The summed E-state index contributed by atoms with van der Waals surface area (Å²) < 4.78 is 35.7. The minimum Gasteiger partial charge on any atom is -0.494 e. The van der Waals surface area contributed by atoms with E-state index >= 15 is 0 Å². The van der Waals surface area contributed by atoms with Crippen LogP contribution in [0.15, 0.2) is 83.8 Å². The lowest BCUT2D eigenvalue weighted by Crippen LogP contribution is -2.19. The van der Waals surface area contributed by atoms with Gasteiger partial charge in [-0.3, -0.25) is 0 Å². The average Bonchev–Trinajstić information content (AvgIpc) is 2.73. The number of amides is 2. The van der Waals surface area contributed by atoms with Crippen LogP contribution in [0.3, 0.4) is 0 Å². The van der Waals surface area contributed by atoms with Crippen molar-refractivity contribution in [1.82, 2.24) is 0 Å². The normalized spacial score (nSPS) is 10.8. The highest BCUT2D eigenvalue weighted by atomic mass is 32.2. The number of hydrogen-bond donors (Lipinski definition) is 2. The summed E-state index contributed by atoms with van der Waals surface area (Å²) in [5.41, 5.74) is 1.02. The molecular weight excluding hydrogens is 404 g/mol. The second-order valence-electron chi connectivity index (χ2n) is 6.33. The molecule has 0 aromatic heterocycles. The van der Waals surface area contributed by atoms with Gasteiger partial charge in [-0.05, 0) is 55.0 Å². The van der Waals surface area contributed by atoms with Crippen LogP contribution in [-0.4, -0.2) is 21.1 Å². The third kappa shape index (κ3) is 5.99. The summed E-state index contributed by atoms with van der Waals surface area (Å²) in [5.74, 6) is 0.672. The van der Waals surface area contributed by atoms with Crippen LogP contribution in [0.5, 0.6) is 11.5 Å². The molecule has 2 amide bonds. The molecule has 30 heavy (non-hydrogen) atoms. The van der Waals surface area contributed by atoms with Crippen molar-refractivity contribution < 1.29 is 22.1 Å². The van der Waals surface area contributed by atoms with E-state index in [1.165, 1.54) is 24.3 Å². The first-order valence-electron chi connectivity index (χ1n) is 9.37. The zero-order valence-corrected chi connectivity index (χ0v) is 17.2. The topological polar surface area (TPSA) is 93.7 Å². The van der Waals surface area contributed by atoms with E-state index in [1.807, 2.05) is 13.0 Å². The van der Waals surface area contributed by atoms with Crippen molar-refractivity contribution >= 4 is 27.5 Å². The Bertz CT molecular complexity index is 1080. The van der Waals surface area contributed by atoms with Crippen molar-refractivity contribution in [2.24, 2.45) is 0 Å². The van der Waals surface area contributed by atoms with E-state index in [0.29, 0.717) is 23.7 Å². The van der Waals surface area contributed by atoms with Crippen LogP contribution in [0.25, 0.3) is 0 Å². The summed E-state index contributed by atoms with van der Waals surface area (Å²) in [4.78, 5) is 12.1. The largest absolute Gasteiger partial charge is 0.494 e. The Hall–Kier alpha value is -3.52. The molecule has 0 bridgehead atoms. The molecule has 0 atom stereocenters. The summed E-state index contributed by atoms with van der Waals surface area (Å²) in [6.45, 7) is 2.54. The number of ether oxygens (including phenoxy) is 1. The fraction of sp³-hybridized carbons (Fsp3) is 0.136. The Balaban J connectivity index is 1.65. The molecule has 3 rings (SSSR count). The Kier molecular flexibility index (Phi) is 6.92. The first-order chi connectivity index (χ1) is 14.5. The van der Waals surface area contributed by atoms with Gasteiger partial charge in [0.15, 0.2) is 0 Å². The van der Waals surface area contributed by atoms with E-state index in [0.717, 1.165) is 6.42 Å². The molecule has 0 aliphatic rings. The number of hydrogen-bond acceptors (Lipinski definition) is 5. The van der Waals surface area contributed by atoms with Crippen molar-refractivity contribution in [3.05, 3.63) is 78.9 Å². The van der Waals surface area contributed by atoms with Gasteiger partial charge in [0.2, 0.25) is 0 Å². The molecule has 0 saturated carbocycles. The fourth-order valence-electron chi connectivity index (χ4n) is 2.54. The molecule has 0 fully saturated rings. The van der Waals surface area contributed by atoms with Crippen LogP contribution < -0.4 is 19.6 Å². The highest BCUT2D eigenvalue weighted by molar-refractivity contribution is 7.87. The van der Waals surface area contributed by atoms with E-state index in [4.69, 9.17) is 8.92 Å². The average molecular weight is 426 g/mol. The lowest BCUT2D eigenvalue weighted by molar-refractivity contribution is 0.262. The minimum absolute atomic E-state index is 0.00605. The lowest BCUT2D eigenvalue weighted by atomic mass is 10.3. The number of para-hydroxylation sites is 1. The maximum atomic E-state index is 12.5. The third-order valence-corrected chi connectivity index (χ3v) is 5.18. The number of benzene rings is 3. The molecular formula is C22H22N2O5S. The van der Waals surface area contributed by atoms with Crippen LogP contribution >= 0.6 is 0 Å². The summed E-state index contributed by atoms with van der Waals surface area (Å²) in [7, 11) is -4.03. The third-order valence-electron chi connectivity index (χ3n) is 3.91. The highest BCUT2D eigenvalue weighted by Crippen LogP contribution is 2.23. The summed E-state index contributed by atoms with van der Waals surface area (Å²) in [6.07, 6.45) is 0.858. The second-order valence-corrected chi connectivity index (χ2v) is 7.88. The molecule has 0 unspecified atom stereocenters. The van der Waals surface area contributed by atoms with Gasteiger partial charge in [0.25, 0.3) is 0 Å². The zero-order chi connectivity index (χ0) is 21.4. The Morgan fingerprint density at radius 2 is 1.50 bits per heavy atom. The van der Waals surface area contributed by atoms with E-state index in [1.54, 1.807) is 48.5 Å². The number of urea groups is 1. The van der Waals surface area contributed by atoms with Crippen molar-refractivity contribution in [3.63, 3.8) is 0 Å². The number of nitrogens with one attached hydrogen (secondary N) is 2. The molecule has 0 aliphatic carbocycles. The van der Waals surface area contributed by atoms with Crippen molar-refractivity contribution in [3.8, 4) is 11.5 Å². The molecule has 8 heteroatoms. The first-order valence-corrected chi connectivity index (χ1v) is 10.8. The Morgan fingerprint density at radius 3 is 2.20 bits per heavy atom. The van der Waals surface area contributed by atoms with E-state index in [2.05, 4.69) is 10.6 Å². The fourth-order valence-corrected chi connectivity index (χ4v) is 3.46. The van der Waals surface area contributed by atoms with Gasteiger partial charge < -0.3 is 19.6 Å². The molecule has 0 heterocycles. The van der Waals surface area contributed by atoms with E-state index in [9.17, 15) is 13.2 Å². The van der Waals surface area contributed by atoms with Gasteiger partial charge in [-0.25, -0.2) is 4.79 Å². The molecule has 0 aliphatic heterocycles. The quantitative estimate of drug-likeness (QED) is 0.500. The minimum atomic E-state index is -4.03. The number of rotatable bonds is 8. The molecule has 156 valence electrons. The van der Waals surface area contributed by atoms with Crippen LogP contribution in [0, 0.1) is 0 Å². The molecule has 2 N–H and O–H groups in total. The molecule has 7 nitrogen and oxygen atoms in total. The van der Waals surface area contributed by atoms with Crippen LogP contribution in [-0.2, 0) is 10.1 Å². The predicted octanol–water partition coefficient (Wildman–Crippen LogP) is 4.89. The lowest BCUT2D eigenvalue weighted by Gasteiger charge is -2.11. The van der Waals surface area contributed by atoms with Crippen LogP contribution in [0.4, 0.5) is 16.2 Å². The first kappa shape index (κ1) is 21.2. The molecule has 0 saturated heterocycles. The highest BCUT2D eigenvalue weighted by Gasteiger charge is 2.17. The number of anilines is 2. The smallest absolute Gasteiger partial charge is 0.339 e. The standard InChI is InChI=1S/C22H22N2O5S/c1-2-15-28-19-11-13-21(14-12-19)30(26,27)29-20-10-6-9-18(16-20)24-22(25)23-17-7-4-3-5-8-17/h3-14,16H,2,15H2,1H3,(H2,23,24,25). The Morgan fingerprint density at radius 1 is 0.833 bits per heavy atom. The molecule has 3 aromatic carbocycles. The van der Waals surface area contributed by atoms with Gasteiger partial charge >= 0.3 is 16.1 Å². The number of carbonyl (C=O) groups excluding carboxylic acids is 1. The second kappa shape index (κ2) is 9.80. The van der Waals surface area contributed by atoms with E-state index in [-0.39, 0.29) is 10.6 Å². The predicted molar refractivity (Wildman–Crippen MR) is 116 cm³/mol. The van der Waals surface area contributed by atoms with Crippen LogP contribution in [0.2, 0.25) is 0 Å². The van der Waals surface area contributed by atoms with Crippen molar-refractivity contribution in [2.75, 3.05) is 17.2 Å². The van der Waals surface area contributed by atoms with Crippen molar-refractivity contribution in [1.29, 1.82) is 0 Å². The van der Waals surface area contributed by atoms with Gasteiger partial charge in [-0.15, -0.1) is 0 Å². The maximum absolute atomic E-state index is 12.5. The SMILES string of the molecule is CCCOc1ccc(S(=O)(=O)Oc2cccc(NC(=O)Nc3ccccc3)c2)cc1. The summed E-state index contributed by atoms with van der Waals surface area (Å²) in [5, 5.41) is 5.32. The van der Waals surface area contributed by atoms with Gasteiger partial charge in [-0.2, -0.15) is 8.42 Å². The number of carbonyl (C=O) groups is 1. The molecule has 3 aromatic rings. The van der Waals surface area contributed by atoms with Gasteiger partial charge in [0.05, 0.1) is 6.61 Å². The summed E-state index contributed by atoms with van der Waals surface area (Å²) in [6, 6.07) is 20.7. The Labute approximate surface area is 175 Å².